The molecule has 2 aromatic rings. The number of aromatic hydroxyl groups is 1. The maximum absolute atomic E-state index is 11.8. The van der Waals surface area contributed by atoms with Crippen molar-refractivity contribution in [3.8, 4) is 17.2 Å². The SMILES string of the molecule is CC/C=C/Oc1c(O)c2cc(OCCO)ccc2oc1=O. The van der Waals surface area contributed by atoms with Crippen LogP contribution in [0.15, 0.2) is 39.7 Å². The Balaban J connectivity index is 2.46. The third-order valence-corrected chi connectivity index (χ3v) is 2.69. The van der Waals surface area contributed by atoms with Crippen LogP contribution in [0.2, 0.25) is 0 Å². The fraction of sp³-hybridized carbons (Fsp3) is 0.267. The Morgan fingerprint density at radius 2 is 2.19 bits per heavy atom. The third kappa shape index (κ3) is 3.35. The number of aliphatic hydroxyl groups is 1. The molecule has 2 N–H and O–H groups in total. The van der Waals surface area contributed by atoms with E-state index in [2.05, 4.69) is 0 Å². The van der Waals surface area contributed by atoms with Gasteiger partial charge in [-0.2, -0.15) is 0 Å². The molecule has 0 saturated carbocycles. The summed E-state index contributed by atoms with van der Waals surface area (Å²) in [5.41, 5.74) is -0.537. The van der Waals surface area contributed by atoms with E-state index >= 15 is 0 Å². The van der Waals surface area contributed by atoms with E-state index in [0.717, 1.165) is 6.42 Å². The first-order valence-electron chi connectivity index (χ1n) is 6.52. The highest BCUT2D eigenvalue weighted by atomic mass is 16.5. The number of fused-ring (bicyclic) bond motifs is 1. The van der Waals surface area contributed by atoms with Crippen LogP contribution in [0.3, 0.4) is 0 Å². The minimum Gasteiger partial charge on any atom is -0.504 e. The second-order valence-electron chi connectivity index (χ2n) is 4.20. The molecule has 0 atom stereocenters. The van der Waals surface area contributed by atoms with Gasteiger partial charge in [0.2, 0.25) is 0 Å². The Morgan fingerprint density at radius 3 is 2.90 bits per heavy atom. The van der Waals surface area contributed by atoms with Gasteiger partial charge >= 0.3 is 5.63 Å². The van der Waals surface area contributed by atoms with E-state index in [1.807, 2.05) is 6.92 Å². The Labute approximate surface area is 120 Å². The summed E-state index contributed by atoms with van der Waals surface area (Å²) in [7, 11) is 0. The van der Waals surface area contributed by atoms with Crippen molar-refractivity contribution < 1.29 is 24.1 Å². The second kappa shape index (κ2) is 6.81. The number of aliphatic hydroxyl groups excluding tert-OH is 1. The van der Waals surface area contributed by atoms with Gasteiger partial charge in [-0.15, -0.1) is 0 Å². The summed E-state index contributed by atoms with van der Waals surface area (Å²) >= 11 is 0. The zero-order valence-electron chi connectivity index (χ0n) is 11.5. The van der Waals surface area contributed by atoms with Crippen LogP contribution < -0.4 is 15.1 Å². The number of allylic oxidation sites excluding steroid dienone is 1. The molecule has 0 fully saturated rings. The first kappa shape index (κ1) is 14.9. The standard InChI is InChI=1S/C15H16O6/c1-2-3-7-20-14-13(17)11-9-10(19-8-6-16)4-5-12(11)21-15(14)18/h3-5,7,9,16-17H,2,6,8H2,1H3/b7-3+. The van der Waals surface area contributed by atoms with Crippen molar-refractivity contribution in [1.29, 1.82) is 0 Å². The number of hydrogen-bond acceptors (Lipinski definition) is 6. The van der Waals surface area contributed by atoms with Crippen molar-refractivity contribution in [3.63, 3.8) is 0 Å². The topological polar surface area (TPSA) is 89.1 Å². The molecule has 112 valence electrons. The van der Waals surface area contributed by atoms with Gasteiger partial charge in [-0.05, 0) is 30.7 Å². The Hall–Kier alpha value is -2.47. The van der Waals surface area contributed by atoms with Gasteiger partial charge in [-0.1, -0.05) is 6.92 Å². The molecule has 0 bridgehead atoms. The molecule has 0 unspecified atom stereocenters. The summed E-state index contributed by atoms with van der Waals surface area (Å²) < 4.78 is 15.5. The van der Waals surface area contributed by atoms with Crippen molar-refractivity contribution in [2.75, 3.05) is 13.2 Å². The van der Waals surface area contributed by atoms with Gasteiger partial charge in [-0.25, -0.2) is 4.79 Å². The smallest absolute Gasteiger partial charge is 0.383 e. The van der Waals surface area contributed by atoms with E-state index in [9.17, 15) is 9.90 Å². The van der Waals surface area contributed by atoms with E-state index in [0.29, 0.717) is 11.1 Å². The van der Waals surface area contributed by atoms with Gasteiger partial charge in [0.05, 0.1) is 18.3 Å². The molecule has 2 rings (SSSR count). The van der Waals surface area contributed by atoms with Crippen LogP contribution in [0.4, 0.5) is 0 Å². The molecule has 0 amide bonds. The lowest BCUT2D eigenvalue weighted by Crippen LogP contribution is -2.04. The highest BCUT2D eigenvalue weighted by Crippen LogP contribution is 2.33. The monoisotopic (exact) mass is 292 g/mol. The van der Waals surface area contributed by atoms with E-state index in [1.165, 1.54) is 18.4 Å². The lowest BCUT2D eigenvalue weighted by Gasteiger charge is -2.08. The van der Waals surface area contributed by atoms with Crippen LogP contribution >= 0.6 is 0 Å². The average Bonchev–Trinajstić information content (AvgIpc) is 2.49. The van der Waals surface area contributed by atoms with Crippen molar-refractivity contribution in [2.24, 2.45) is 0 Å². The summed E-state index contributed by atoms with van der Waals surface area (Å²) in [6.07, 6.45) is 3.76. The highest BCUT2D eigenvalue weighted by Gasteiger charge is 2.15. The fourth-order valence-corrected chi connectivity index (χ4v) is 1.72. The molecule has 0 radical (unpaired) electrons. The molecule has 6 heteroatoms. The second-order valence-corrected chi connectivity index (χ2v) is 4.20. The number of benzene rings is 1. The van der Waals surface area contributed by atoms with E-state index in [1.54, 1.807) is 12.1 Å². The van der Waals surface area contributed by atoms with Gasteiger partial charge < -0.3 is 24.1 Å². The number of hydrogen-bond donors (Lipinski definition) is 2. The number of rotatable bonds is 6. The van der Waals surface area contributed by atoms with E-state index in [-0.39, 0.29) is 30.3 Å². The van der Waals surface area contributed by atoms with Crippen molar-refractivity contribution in [1.82, 2.24) is 0 Å². The largest absolute Gasteiger partial charge is 0.504 e. The summed E-state index contributed by atoms with van der Waals surface area (Å²) in [5.74, 6) is -0.140. The Morgan fingerprint density at radius 1 is 1.38 bits per heavy atom. The molecule has 0 spiro atoms. The number of ether oxygens (including phenoxy) is 2. The van der Waals surface area contributed by atoms with E-state index in [4.69, 9.17) is 19.0 Å². The van der Waals surface area contributed by atoms with Crippen LogP contribution in [-0.2, 0) is 0 Å². The Kier molecular flexibility index (Phi) is 4.84. The summed E-state index contributed by atoms with van der Waals surface area (Å²) in [4.78, 5) is 11.8. The van der Waals surface area contributed by atoms with Gasteiger partial charge in [0.1, 0.15) is 17.9 Å². The van der Waals surface area contributed by atoms with Gasteiger partial charge in [-0.3, -0.25) is 0 Å². The molecule has 1 heterocycles. The van der Waals surface area contributed by atoms with Crippen LogP contribution in [0, 0.1) is 0 Å². The van der Waals surface area contributed by atoms with Crippen LogP contribution in [0.1, 0.15) is 13.3 Å². The van der Waals surface area contributed by atoms with Crippen LogP contribution in [0.25, 0.3) is 11.0 Å². The van der Waals surface area contributed by atoms with Crippen molar-refractivity contribution >= 4 is 11.0 Å². The van der Waals surface area contributed by atoms with Gasteiger partial charge in [0, 0.05) is 0 Å². The van der Waals surface area contributed by atoms with Crippen molar-refractivity contribution in [2.45, 2.75) is 13.3 Å². The van der Waals surface area contributed by atoms with Crippen molar-refractivity contribution in [3.05, 3.63) is 41.0 Å². The molecular weight excluding hydrogens is 276 g/mol. The first-order chi connectivity index (χ1) is 10.2. The zero-order valence-corrected chi connectivity index (χ0v) is 11.5. The lowest BCUT2D eigenvalue weighted by molar-refractivity contribution is 0.201. The van der Waals surface area contributed by atoms with E-state index < -0.39 is 5.63 Å². The minimum atomic E-state index is -0.759. The van der Waals surface area contributed by atoms with Crippen LogP contribution in [-0.4, -0.2) is 23.4 Å². The lowest BCUT2D eigenvalue weighted by atomic mass is 10.2. The first-order valence-corrected chi connectivity index (χ1v) is 6.52. The molecule has 0 aliphatic heterocycles. The maximum atomic E-state index is 11.8. The third-order valence-electron chi connectivity index (χ3n) is 2.69. The average molecular weight is 292 g/mol. The predicted octanol–water partition coefficient (Wildman–Crippen LogP) is 2.17. The molecule has 1 aromatic carbocycles. The highest BCUT2D eigenvalue weighted by molar-refractivity contribution is 5.86. The Bertz CT molecular complexity index is 701. The quantitative estimate of drug-likeness (QED) is 0.626. The normalized spacial score (nSPS) is 11.1. The predicted molar refractivity (Wildman–Crippen MR) is 76.8 cm³/mol. The summed E-state index contributed by atoms with van der Waals surface area (Å²) in [6.45, 7) is 1.92. The molecule has 0 aliphatic rings. The zero-order chi connectivity index (χ0) is 15.2. The minimum absolute atomic E-state index is 0.121. The summed E-state index contributed by atoms with van der Waals surface area (Å²) in [5, 5.41) is 19.2. The van der Waals surface area contributed by atoms with Gasteiger partial charge in [0.15, 0.2) is 5.75 Å². The van der Waals surface area contributed by atoms with Crippen LogP contribution in [0.5, 0.6) is 17.2 Å². The molecular formula is C15H16O6. The fourth-order valence-electron chi connectivity index (χ4n) is 1.72. The molecule has 1 aromatic heterocycles. The molecule has 21 heavy (non-hydrogen) atoms. The maximum Gasteiger partial charge on any atom is 0.383 e. The summed E-state index contributed by atoms with van der Waals surface area (Å²) in [6, 6.07) is 4.60. The van der Waals surface area contributed by atoms with Gasteiger partial charge in [0.25, 0.3) is 5.75 Å². The molecule has 0 saturated heterocycles. The molecule has 6 nitrogen and oxygen atoms in total. The molecule has 0 aliphatic carbocycles.